The van der Waals surface area contributed by atoms with Gasteiger partial charge in [-0.2, -0.15) is 18.3 Å². The lowest BCUT2D eigenvalue weighted by atomic mass is 9.94. The molecule has 0 atom stereocenters. The molecule has 2 fully saturated rings. The zero-order valence-electron chi connectivity index (χ0n) is 25.8. The summed E-state index contributed by atoms with van der Waals surface area (Å²) in [5, 5.41) is 4.66. The Labute approximate surface area is 261 Å². The van der Waals surface area contributed by atoms with Crippen molar-refractivity contribution in [1.82, 2.24) is 29.3 Å². The van der Waals surface area contributed by atoms with Crippen LogP contribution >= 0.6 is 0 Å². The molecule has 2 saturated heterocycles. The summed E-state index contributed by atoms with van der Waals surface area (Å²) in [5.41, 5.74) is 4.30. The van der Waals surface area contributed by atoms with E-state index >= 15 is 0 Å². The van der Waals surface area contributed by atoms with Crippen LogP contribution in [0.25, 0.3) is 11.2 Å². The summed E-state index contributed by atoms with van der Waals surface area (Å²) in [7, 11) is 0. The molecule has 3 aliphatic heterocycles. The van der Waals surface area contributed by atoms with Gasteiger partial charge >= 0.3 is 6.18 Å². The van der Waals surface area contributed by atoms with Crippen molar-refractivity contribution in [3.05, 3.63) is 71.2 Å². The normalized spacial score (nSPS) is 19.2. The Hall–Kier alpha value is -3.73. The number of rotatable bonds is 7. The SMILES string of the molecule is CC1CCN(C2CCN(C(=O)c3ccc(Cc4nc5c(C6=CCN(C(=O)CCC(F)(F)F)CC6)cccn5n4)cc3)CC2)CC1. The Balaban J connectivity index is 1.05. The molecule has 3 aromatic rings. The van der Waals surface area contributed by atoms with Crippen molar-refractivity contribution in [3.63, 3.8) is 0 Å². The van der Waals surface area contributed by atoms with Gasteiger partial charge in [-0.25, -0.2) is 9.50 Å². The summed E-state index contributed by atoms with van der Waals surface area (Å²) < 4.78 is 39.3. The van der Waals surface area contributed by atoms with Crippen LogP contribution in [0.2, 0.25) is 0 Å². The van der Waals surface area contributed by atoms with Crippen LogP contribution in [0.4, 0.5) is 13.2 Å². The van der Waals surface area contributed by atoms with Crippen LogP contribution in [-0.4, -0.2) is 92.6 Å². The standard InChI is InChI=1S/C34H41F3N6O2/c1-24-9-17-40(18-10-24)28-13-21-42(22-14-28)33(45)27-6-4-25(5-7-27)23-30-38-32-29(3-2-16-43(32)39-30)26-11-19-41(20-12-26)31(44)8-15-34(35,36)37/h2-7,11,16,24,28H,8-10,12-15,17-23H2,1H3. The molecule has 0 aliphatic carbocycles. The summed E-state index contributed by atoms with van der Waals surface area (Å²) in [5.74, 6) is 1.08. The van der Waals surface area contributed by atoms with E-state index in [0.717, 1.165) is 48.5 Å². The highest BCUT2D eigenvalue weighted by Crippen LogP contribution is 2.28. The molecule has 0 N–H and O–H groups in total. The van der Waals surface area contributed by atoms with Gasteiger partial charge in [-0.05, 0) is 86.5 Å². The molecule has 1 aromatic carbocycles. The molecule has 0 bridgehead atoms. The molecule has 2 amide bonds. The van der Waals surface area contributed by atoms with E-state index in [9.17, 15) is 22.8 Å². The van der Waals surface area contributed by atoms with Gasteiger partial charge in [0.25, 0.3) is 5.91 Å². The van der Waals surface area contributed by atoms with Gasteiger partial charge in [0.05, 0.1) is 6.42 Å². The van der Waals surface area contributed by atoms with E-state index in [2.05, 4.69) is 16.9 Å². The smallest absolute Gasteiger partial charge is 0.339 e. The number of benzene rings is 1. The Morgan fingerprint density at radius 2 is 1.67 bits per heavy atom. The first-order chi connectivity index (χ1) is 21.6. The zero-order valence-corrected chi connectivity index (χ0v) is 25.8. The predicted octanol–water partition coefficient (Wildman–Crippen LogP) is 5.61. The third-order valence-corrected chi connectivity index (χ3v) is 9.59. The van der Waals surface area contributed by atoms with Gasteiger partial charge < -0.3 is 14.7 Å². The number of likely N-dealkylation sites (tertiary alicyclic amines) is 2. The maximum Gasteiger partial charge on any atom is 0.389 e. The van der Waals surface area contributed by atoms with Gasteiger partial charge in [-0.3, -0.25) is 9.59 Å². The highest BCUT2D eigenvalue weighted by Gasteiger charge is 2.31. The maximum absolute atomic E-state index is 13.2. The second-order valence-corrected chi connectivity index (χ2v) is 12.8. The summed E-state index contributed by atoms with van der Waals surface area (Å²) in [4.78, 5) is 36.4. The quantitative estimate of drug-likeness (QED) is 0.342. The minimum atomic E-state index is -4.34. The highest BCUT2D eigenvalue weighted by atomic mass is 19.4. The van der Waals surface area contributed by atoms with Crippen molar-refractivity contribution >= 4 is 23.0 Å². The van der Waals surface area contributed by atoms with Gasteiger partial charge in [-0.1, -0.05) is 25.1 Å². The number of carbonyl (C=O) groups is 2. The van der Waals surface area contributed by atoms with Crippen LogP contribution in [-0.2, 0) is 11.2 Å². The van der Waals surface area contributed by atoms with Crippen molar-refractivity contribution in [2.24, 2.45) is 5.92 Å². The number of amides is 2. The zero-order chi connectivity index (χ0) is 31.6. The van der Waals surface area contributed by atoms with Crippen molar-refractivity contribution in [1.29, 1.82) is 0 Å². The second-order valence-electron chi connectivity index (χ2n) is 12.8. The number of pyridine rings is 1. The second kappa shape index (κ2) is 13.3. The largest absolute Gasteiger partial charge is 0.389 e. The Morgan fingerprint density at radius 3 is 2.33 bits per heavy atom. The molecule has 0 radical (unpaired) electrons. The van der Waals surface area contributed by atoms with E-state index < -0.39 is 24.9 Å². The van der Waals surface area contributed by atoms with Crippen LogP contribution < -0.4 is 0 Å². The van der Waals surface area contributed by atoms with E-state index in [4.69, 9.17) is 4.98 Å². The number of alkyl halides is 3. The lowest BCUT2D eigenvalue weighted by molar-refractivity contribution is -0.148. The topological polar surface area (TPSA) is 74.0 Å². The molecule has 0 spiro atoms. The number of piperidine rings is 2. The molecule has 240 valence electrons. The molecule has 8 nitrogen and oxygen atoms in total. The number of nitrogens with zero attached hydrogens (tertiary/aromatic N) is 6. The van der Waals surface area contributed by atoms with Gasteiger partial charge in [-0.15, -0.1) is 0 Å². The van der Waals surface area contributed by atoms with Crippen LogP contribution in [0.1, 0.15) is 79.2 Å². The minimum Gasteiger partial charge on any atom is -0.339 e. The third kappa shape index (κ3) is 7.57. The Morgan fingerprint density at radius 1 is 0.933 bits per heavy atom. The predicted molar refractivity (Wildman–Crippen MR) is 166 cm³/mol. The lowest BCUT2D eigenvalue weighted by Gasteiger charge is -2.41. The summed E-state index contributed by atoms with van der Waals surface area (Å²) in [6.45, 7) is 6.93. The van der Waals surface area contributed by atoms with Gasteiger partial charge in [0, 0.05) is 62.4 Å². The van der Waals surface area contributed by atoms with E-state index in [1.54, 1.807) is 4.52 Å². The van der Waals surface area contributed by atoms with E-state index in [1.807, 2.05) is 53.6 Å². The molecular weight excluding hydrogens is 581 g/mol. The first kappa shape index (κ1) is 31.3. The monoisotopic (exact) mass is 622 g/mol. The molecular formula is C34H41F3N6O2. The number of hydrogen-bond donors (Lipinski definition) is 0. The van der Waals surface area contributed by atoms with Crippen molar-refractivity contribution < 1.29 is 22.8 Å². The first-order valence-corrected chi connectivity index (χ1v) is 16.1. The molecule has 0 unspecified atom stereocenters. The fraction of sp³-hybridized carbons (Fsp3) is 0.529. The van der Waals surface area contributed by atoms with Crippen molar-refractivity contribution in [2.75, 3.05) is 39.3 Å². The van der Waals surface area contributed by atoms with Crippen LogP contribution in [0.5, 0.6) is 0 Å². The first-order valence-electron chi connectivity index (χ1n) is 16.1. The molecule has 11 heteroatoms. The molecule has 0 saturated carbocycles. The van der Waals surface area contributed by atoms with E-state index in [1.165, 1.54) is 30.8 Å². The summed E-state index contributed by atoms with van der Waals surface area (Å²) >= 11 is 0. The van der Waals surface area contributed by atoms with Gasteiger partial charge in [0.15, 0.2) is 11.5 Å². The number of fused-ring (bicyclic) bond motifs is 1. The highest BCUT2D eigenvalue weighted by molar-refractivity contribution is 5.94. The summed E-state index contributed by atoms with van der Waals surface area (Å²) in [6, 6.07) is 12.2. The van der Waals surface area contributed by atoms with Crippen molar-refractivity contribution in [2.45, 2.75) is 70.5 Å². The average Bonchev–Trinajstić information content (AvgIpc) is 3.46. The van der Waals surface area contributed by atoms with Gasteiger partial charge in [0.2, 0.25) is 5.91 Å². The molecule has 3 aliphatic rings. The Bertz CT molecular complexity index is 1530. The molecule has 2 aromatic heterocycles. The molecule has 6 rings (SSSR count). The fourth-order valence-electron chi connectivity index (χ4n) is 6.78. The summed E-state index contributed by atoms with van der Waals surface area (Å²) in [6.07, 6.45) is 3.43. The maximum atomic E-state index is 13.2. The fourth-order valence-corrected chi connectivity index (χ4v) is 6.78. The minimum absolute atomic E-state index is 0.0872. The van der Waals surface area contributed by atoms with Crippen LogP contribution in [0, 0.1) is 5.92 Å². The van der Waals surface area contributed by atoms with Gasteiger partial charge in [0.1, 0.15) is 0 Å². The molecule has 5 heterocycles. The number of carbonyl (C=O) groups excluding carboxylic acids is 2. The number of aromatic nitrogens is 3. The van der Waals surface area contributed by atoms with E-state index in [0.29, 0.717) is 42.5 Å². The third-order valence-electron chi connectivity index (χ3n) is 9.59. The Kier molecular flexibility index (Phi) is 9.26. The number of hydrogen-bond acceptors (Lipinski definition) is 5. The molecule has 45 heavy (non-hydrogen) atoms. The average molecular weight is 623 g/mol. The van der Waals surface area contributed by atoms with Crippen LogP contribution in [0.3, 0.4) is 0 Å². The number of halogens is 3. The van der Waals surface area contributed by atoms with Crippen molar-refractivity contribution in [3.8, 4) is 0 Å². The van der Waals surface area contributed by atoms with E-state index in [-0.39, 0.29) is 12.5 Å². The lowest BCUT2D eigenvalue weighted by Crippen LogP contribution is -2.48. The van der Waals surface area contributed by atoms with Crippen LogP contribution in [0.15, 0.2) is 48.7 Å².